The van der Waals surface area contributed by atoms with Crippen LogP contribution in [0.1, 0.15) is 62.5 Å². The van der Waals surface area contributed by atoms with Crippen molar-refractivity contribution in [2.45, 2.75) is 82.1 Å². The maximum absolute atomic E-state index is 14.3. The van der Waals surface area contributed by atoms with Gasteiger partial charge in [0.1, 0.15) is 23.9 Å². The van der Waals surface area contributed by atoms with E-state index in [1.54, 1.807) is 55.9 Å². The fraction of sp³-hybridized carbons (Fsp3) is 0.436. The first-order valence-corrected chi connectivity index (χ1v) is 20.0. The maximum Gasteiger partial charge on any atom is 0.332 e. The summed E-state index contributed by atoms with van der Waals surface area (Å²) in [7, 11) is -2.34. The quantitative estimate of drug-likeness (QED) is 0.117. The Labute approximate surface area is 319 Å². The number of fused-ring (bicyclic) bond motifs is 1. The van der Waals surface area contributed by atoms with Gasteiger partial charge in [0.05, 0.1) is 29.8 Å². The van der Waals surface area contributed by atoms with Crippen LogP contribution in [-0.2, 0) is 41.4 Å². The van der Waals surface area contributed by atoms with Crippen molar-refractivity contribution in [3.05, 3.63) is 111 Å². The number of aliphatic hydroxyl groups excluding tert-OH is 1. The van der Waals surface area contributed by atoms with Crippen molar-refractivity contribution >= 4 is 27.1 Å². The number of aromatic hydroxyl groups is 1. The second-order valence-electron chi connectivity index (χ2n) is 14.7. The third kappa shape index (κ3) is 8.87. The van der Waals surface area contributed by atoms with Gasteiger partial charge in [-0.1, -0.05) is 74.3 Å². The first kappa shape index (κ1) is 39.5. The highest BCUT2D eigenvalue weighted by atomic mass is 32.2. The van der Waals surface area contributed by atoms with Crippen molar-refractivity contribution in [3.63, 3.8) is 0 Å². The van der Waals surface area contributed by atoms with Crippen LogP contribution in [0.25, 0.3) is 11.2 Å². The zero-order valence-corrected chi connectivity index (χ0v) is 32.0. The Morgan fingerprint density at radius 2 is 1.75 bits per heavy atom. The summed E-state index contributed by atoms with van der Waals surface area (Å²) in [4.78, 5) is 47.9. The summed E-state index contributed by atoms with van der Waals surface area (Å²) in [6.07, 6.45) is 5.39. The Morgan fingerprint density at radius 1 is 1.04 bits per heavy atom. The van der Waals surface area contributed by atoms with E-state index in [4.69, 9.17) is 0 Å². The van der Waals surface area contributed by atoms with Crippen molar-refractivity contribution in [2.75, 3.05) is 13.1 Å². The molecule has 3 aromatic heterocycles. The number of benzene rings is 2. The molecule has 1 aliphatic rings. The van der Waals surface area contributed by atoms with Gasteiger partial charge < -0.3 is 20.1 Å². The van der Waals surface area contributed by atoms with E-state index >= 15 is 0 Å². The first-order valence-electron chi connectivity index (χ1n) is 18.5. The van der Waals surface area contributed by atoms with E-state index in [0.717, 1.165) is 35.8 Å². The van der Waals surface area contributed by atoms with E-state index in [1.807, 2.05) is 30.3 Å². The van der Waals surface area contributed by atoms with Gasteiger partial charge in [-0.05, 0) is 66.5 Å². The lowest BCUT2D eigenvalue weighted by molar-refractivity contribution is -0.127. The number of nitroso groups, excluding NO2 is 1. The molecule has 5 aromatic rings. The number of rotatable bonds is 17. The van der Waals surface area contributed by atoms with Crippen LogP contribution >= 0.6 is 0 Å². The number of sulfonamides is 1. The molecule has 0 bridgehead atoms. The van der Waals surface area contributed by atoms with Gasteiger partial charge in [-0.2, -0.15) is 9.21 Å². The largest absolute Gasteiger partial charge is 0.493 e. The van der Waals surface area contributed by atoms with Crippen molar-refractivity contribution in [3.8, 4) is 5.88 Å². The minimum absolute atomic E-state index is 0.0226. The van der Waals surface area contributed by atoms with Gasteiger partial charge in [-0.3, -0.25) is 13.9 Å². The van der Waals surface area contributed by atoms with Crippen LogP contribution < -0.4 is 11.0 Å². The molecule has 1 fully saturated rings. The van der Waals surface area contributed by atoms with Gasteiger partial charge in [-0.25, -0.2) is 23.2 Å². The highest BCUT2D eigenvalue weighted by Crippen LogP contribution is 2.29. The molecule has 0 spiro atoms. The van der Waals surface area contributed by atoms with Gasteiger partial charge in [0, 0.05) is 26.3 Å². The van der Waals surface area contributed by atoms with Crippen molar-refractivity contribution in [2.24, 2.45) is 24.1 Å². The fourth-order valence-electron chi connectivity index (χ4n) is 7.44. The summed E-state index contributed by atoms with van der Waals surface area (Å²) in [5.41, 5.74) is 2.00. The lowest BCUT2D eigenvalue weighted by Crippen LogP contribution is -2.53. The predicted octanol–water partition coefficient (Wildman–Crippen LogP) is 4.12. The standard InChI is InChI=1S/C39H48N8O7S/c1-26(2)36(47-25-35(49)46(39(47)51)24-34-42-31-14-9-19-40-37(31)44(34)3)38(50)43-32(20-27-10-5-4-6-11-27)33(48)23-45(22-29-12-7-8-13-29)55(53,54)30-17-15-28(16-18-30)21-41-52/h4-6,9-11,14-19,25-26,29,32-33,36,48-49H,7-8,12-13,20-24H2,1-3H3,(H,43,50)/t32-,33+,36-/m0/s1. The second kappa shape index (κ2) is 17.1. The number of nitrogens with one attached hydrogen (secondary N) is 1. The Morgan fingerprint density at radius 3 is 2.40 bits per heavy atom. The number of imidazole rings is 2. The van der Waals surface area contributed by atoms with Crippen LogP contribution in [0.3, 0.4) is 0 Å². The lowest BCUT2D eigenvalue weighted by Gasteiger charge is -2.32. The Balaban J connectivity index is 1.28. The van der Waals surface area contributed by atoms with E-state index in [2.05, 4.69) is 20.5 Å². The zero-order chi connectivity index (χ0) is 39.3. The summed E-state index contributed by atoms with van der Waals surface area (Å²) in [5.74, 6) is -0.777. The van der Waals surface area contributed by atoms with E-state index in [0.29, 0.717) is 22.6 Å². The molecular weight excluding hydrogens is 725 g/mol. The summed E-state index contributed by atoms with van der Waals surface area (Å²) in [5, 5.41) is 28.8. The first-order chi connectivity index (χ1) is 26.4. The van der Waals surface area contributed by atoms with Crippen LogP contribution in [-0.4, -0.2) is 77.7 Å². The maximum atomic E-state index is 14.3. The normalized spacial score (nSPS) is 15.5. The number of hydrogen-bond acceptors (Lipinski definition) is 10. The number of nitrogens with zero attached hydrogens (tertiary/aromatic N) is 7. The number of carbonyl (C=O) groups is 1. The van der Waals surface area contributed by atoms with Gasteiger partial charge >= 0.3 is 5.69 Å². The Hall–Kier alpha value is -5.19. The number of hydrogen-bond donors (Lipinski definition) is 3. The average Bonchev–Trinajstić information content (AvgIpc) is 3.87. The minimum atomic E-state index is -4.10. The molecule has 3 atom stereocenters. The highest BCUT2D eigenvalue weighted by molar-refractivity contribution is 7.89. The Bertz CT molecular complexity index is 2260. The summed E-state index contributed by atoms with van der Waals surface area (Å²) in [6.45, 7) is 3.29. The van der Waals surface area contributed by atoms with E-state index in [-0.39, 0.29) is 49.3 Å². The van der Waals surface area contributed by atoms with Gasteiger partial charge in [0.15, 0.2) is 5.65 Å². The highest BCUT2D eigenvalue weighted by Gasteiger charge is 2.35. The van der Waals surface area contributed by atoms with E-state index < -0.39 is 45.7 Å². The number of amides is 1. The fourth-order valence-corrected chi connectivity index (χ4v) is 8.97. The molecule has 292 valence electrons. The predicted molar refractivity (Wildman–Crippen MR) is 207 cm³/mol. The molecule has 0 saturated heterocycles. The molecule has 2 aromatic carbocycles. The van der Waals surface area contributed by atoms with Crippen molar-refractivity contribution < 1.29 is 23.4 Å². The number of aryl methyl sites for hydroxylation is 1. The summed E-state index contributed by atoms with van der Waals surface area (Å²) >= 11 is 0. The molecule has 6 rings (SSSR count). The smallest absolute Gasteiger partial charge is 0.332 e. The van der Waals surface area contributed by atoms with Crippen molar-refractivity contribution in [1.82, 2.24) is 33.3 Å². The molecule has 1 aliphatic carbocycles. The molecule has 16 heteroatoms. The molecule has 1 amide bonds. The van der Waals surface area contributed by atoms with Gasteiger partial charge in [-0.15, -0.1) is 0 Å². The average molecular weight is 773 g/mol. The topological polar surface area (TPSA) is 194 Å². The van der Waals surface area contributed by atoms with Crippen LogP contribution in [0, 0.1) is 16.7 Å². The Kier molecular flexibility index (Phi) is 12.3. The molecule has 3 heterocycles. The minimum Gasteiger partial charge on any atom is -0.493 e. The van der Waals surface area contributed by atoms with Gasteiger partial charge in [0.25, 0.3) is 0 Å². The number of pyridine rings is 1. The molecule has 15 nitrogen and oxygen atoms in total. The number of carbonyl (C=O) groups excluding carboxylic acids is 1. The second-order valence-corrected chi connectivity index (χ2v) is 16.6. The molecule has 0 radical (unpaired) electrons. The summed E-state index contributed by atoms with van der Waals surface area (Å²) in [6, 6.07) is 16.7. The van der Waals surface area contributed by atoms with Crippen LogP contribution in [0.4, 0.5) is 0 Å². The molecule has 1 saturated carbocycles. The van der Waals surface area contributed by atoms with Crippen LogP contribution in [0.5, 0.6) is 5.88 Å². The monoisotopic (exact) mass is 772 g/mol. The lowest BCUT2D eigenvalue weighted by atomic mass is 9.98. The molecule has 55 heavy (non-hydrogen) atoms. The third-order valence-corrected chi connectivity index (χ3v) is 12.3. The van der Waals surface area contributed by atoms with Gasteiger partial charge in [0.2, 0.25) is 21.8 Å². The van der Waals surface area contributed by atoms with E-state index in [9.17, 15) is 33.1 Å². The molecule has 3 N–H and O–H groups in total. The SMILES string of the molecule is CC(C)[C@@H](C(=O)N[C@@H](Cc1ccccc1)[C@H](O)CN(CC1CCCC1)S(=O)(=O)c1ccc(CN=O)cc1)n1cc(O)n(Cc2nc3cccnc3n2C)c1=O. The number of aromatic nitrogens is 5. The van der Waals surface area contributed by atoms with Crippen LogP contribution in [0.15, 0.2) is 94.0 Å². The van der Waals surface area contributed by atoms with E-state index in [1.165, 1.54) is 27.2 Å². The summed E-state index contributed by atoms with van der Waals surface area (Å²) < 4.78 is 33.7. The third-order valence-electron chi connectivity index (χ3n) is 10.4. The molecular formula is C39H48N8O7S. The number of aliphatic hydroxyl groups is 1. The van der Waals surface area contributed by atoms with Crippen molar-refractivity contribution in [1.29, 1.82) is 0 Å². The molecule has 0 aliphatic heterocycles. The van der Waals surface area contributed by atoms with Crippen LogP contribution in [0.2, 0.25) is 0 Å². The molecule has 0 unspecified atom stereocenters. The zero-order valence-electron chi connectivity index (χ0n) is 31.2.